The third-order valence-corrected chi connectivity index (χ3v) is 3.63. The summed E-state index contributed by atoms with van der Waals surface area (Å²) < 4.78 is 12.7. The minimum absolute atomic E-state index is 0.130. The minimum atomic E-state index is -0.180. The Balaban J connectivity index is 1.85. The number of hydrogen-bond acceptors (Lipinski definition) is 1. The Bertz CT molecular complexity index is 355. The molecule has 1 aromatic rings. The highest BCUT2D eigenvalue weighted by Crippen LogP contribution is 2.60. The molecule has 0 saturated heterocycles. The molecule has 2 N–H and O–H groups in total. The van der Waals surface area contributed by atoms with E-state index in [9.17, 15) is 4.39 Å². The van der Waals surface area contributed by atoms with Crippen molar-refractivity contribution in [3.05, 3.63) is 35.6 Å². The summed E-state index contributed by atoms with van der Waals surface area (Å²) in [5.74, 6) is 1.33. The number of nitrogens with two attached hydrogens (primary N) is 1. The number of hydrogen-bond donors (Lipinski definition) is 1. The summed E-state index contributed by atoms with van der Waals surface area (Å²) in [7, 11) is 0. The van der Waals surface area contributed by atoms with Crippen LogP contribution in [0, 0.1) is 17.7 Å². The van der Waals surface area contributed by atoms with E-state index in [-0.39, 0.29) is 11.4 Å². The standard InChI is InChI=1S/C12H14FN/c13-10-5-3-9(4-6-10)12(14)7-11(12)8-1-2-8/h3-6,8,11H,1-2,7,14H2. The maximum Gasteiger partial charge on any atom is 0.123 e. The van der Waals surface area contributed by atoms with Crippen LogP contribution in [0.25, 0.3) is 0 Å². The van der Waals surface area contributed by atoms with Gasteiger partial charge in [0.1, 0.15) is 5.82 Å². The summed E-state index contributed by atoms with van der Waals surface area (Å²) in [5.41, 5.74) is 7.26. The molecule has 0 aliphatic heterocycles. The summed E-state index contributed by atoms with van der Waals surface area (Å²) in [6.07, 6.45) is 3.76. The van der Waals surface area contributed by atoms with Crippen molar-refractivity contribution in [2.75, 3.05) is 0 Å². The third-order valence-electron chi connectivity index (χ3n) is 3.63. The molecule has 0 heterocycles. The molecule has 2 atom stereocenters. The van der Waals surface area contributed by atoms with Crippen LogP contribution in [0.1, 0.15) is 24.8 Å². The Morgan fingerprint density at radius 3 is 2.43 bits per heavy atom. The van der Waals surface area contributed by atoms with Gasteiger partial charge >= 0.3 is 0 Å². The molecule has 3 rings (SSSR count). The monoisotopic (exact) mass is 191 g/mol. The summed E-state index contributed by atoms with van der Waals surface area (Å²) in [5, 5.41) is 0. The van der Waals surface area contributed by atoms with Gasteiger partial charge in [0.2, 0.25) is 0 Å². The van der Waals surface area contributed by atoms with Gasteiger partial charge < -0.3 is 5.73 Å². The van der Waals surface area contributed by atoms with Crippen molar-refractivity contribution in [1.82, 2.24) is 0 Å². The Morgan fingerprint density at radius 2 is 1.86 bits per heavy atom. The Hall–Kier alpha value is -0.890. The lowest BCUT2D eigenvalue weighted by molar-refractivity contribution is 0.572. The van der Waals surface area contributed by atoms with Crippen molar-refractivity contribution < 1.29 is 4.39 Å². The lowest BCUT2D eigenvalue weighted by Gasteiger charge is -2.11. The number of benzene rings is 1. The largest absolute Gasteiger partial charge is 0.321 e. The minimum Gasteiger partial charge on any atom is -0.321 e. The van der Waals surface area contributed by atoms with Gasteiger partial charge in [0.05, 0.1) is 0 Å². The lowest BCUT2D eigenvalue weighted by atomic mass is 10.0. The first-order valence-corrected chi connectivity index (χ1v) is 5.25. The summed E-state index contributed by atoms with van der Waals surface area (Å²) in [6.45, 7) is 0. The van der Waals surface area contributed by atoms with E-state index in [0.29, 0.717) is 5.92 Å². The van der Waals surface area contributed by atoms with E-state index in [2.05, 4.69) is 0 Å². The maximum atomic E-state index is 12.7. The first-order valence-electron chi connectivity index (χ1n) is 5.25. The molecular formula is C12H14FN. The second kappa shape index (κ2) is 2.57. The SMILES string of the molecule is NC1(c2ccc(F)cc2)CC1C1CC1. The summed E-state index contributed by atoms with van der Waals surface area (Å²) in [6, 6.07) is 6.67. The van der Waals surface area contributed by atoms with Gasteiger partial charge in [-0.25, -0.2) is 4.39 Å². The third kappa shape index (κ3) is 1.17. The number of halogens is 1. The highest BCUT2D eigenvalue weighted by molar-refractivity contribution is 5.33. The van der Waals surface area contributed by atoms with Crippen LogP contribution < -0.4 is 5.73 Å². The average molecular weight is 191 g/mol. The van der Waals surface area contributed by atoms with Crippen LogP contribution in [0.15, 0.2) is 24.3 Å². The zero-order valence-electron chi connectivity index (χ0n) is 8.04. The van der Waals surface area contributed by atoms with Gasteiger partial charge in [-0.15, -0.1) is 0 Å². The normalized spacial score (nSPS) is 35.7. The second-order valence-electron chi connectivity index (χ2n) is 4.70. The fourth-order valence-electron chi connectivity index (χ4n) is 2.48. The molecular weight excluding hydrogens is 177 g/mol. The molecule has 74 valence electrons. The zero-order chi connectivity index (χ0) is 9.76. The van der Waals surface area contributed by atoms with Crippen molar-refractivity contribution in [3.63, 3.8) is 0 Å². The van der Waals surface area contributed by atoms with Gasteiger partial charge in [-0.2, -0.15) is 0 Å². The van der Waals surface area contributed by atoms with Crippen LogP contribution in [0.3, 0.4) is 0 Å². The van der Waals surface area contributed by atoms with Crippen molar-refractivity contribution >= 4 is 0 Å². The first-order chi connectivity index (χ1) is 6.70. The molecule has 2 saturated carbocycles. The van der Waals surface area contributed by atoms with Gasteiger partial charge in [-0.05, 0) is 48.8 Å². The predicted octanol–water partition coefficient (Wildman–Crippen LogP) is 2.41. The second-order valence-corrected chi connectivity index (χ2v) is 4.70. The molecule has 1 nitrogen and oxygen atoms in total. The van der Waals surface area contributed by atoms with Gasteiger partial charge in [0, 0.05) is 5.54 Å². The molecule has 0 bridgehead atoms. The topological polar surface area (TPSA) is 26.0 Å². The van der Waals surface area contributed by atoms with Crippen LogP contribution in [0.5, 0.6) is 0 Å². The molecule has 1 aromatic carbocycles. The smallest absolute Gasteiger partial charge is 0.123 e. The average Bonchev–Trinajstić information content (AvgIpc) is 3.00. The van der Waals surface area contributed by atoms with Crippen molar-refractivity contribution in [3.8, 4) is 0 Å². The van der Waals surface area contributed by atoms with Gasteiger partial charge in [-0.3, -0.25) is 0 Å². The van der Waals surface area contributed by atoms with Crippen molar-refractivity contribution in [2.45, 2.75) is 24.8 Å². The zero-order valence-corrected chi connectivity index (χ0v) is 8.04. The fourth-order valence-corrected chi connectivity index (χ4v) is 2.48. The van der Waals surface area contributed by atoms with Crippen molar-refractivity contribution in [2.24, 2.45) is 17.6 Å². The van der Waals surface area contributed by atoms with E-state index >= 15 is 0 Å². The molecule has 0 spiro atoms. The summed E-state index contributed by atoms with van der Waals surface area (Å²) in [4.78, 5) is 0. The first kappa shape index (κ1) is 8.42. The molecule has 2 aliphatic carbocycles. The maximum absolute atomic E-state index is 12.7. The van der Waals surface area contributed by atoms with Crippen LogP contribution in [0.4, 0.5) is 4.39 Å². The van der Waals surface area contributed by atoms with E-state index in [1.807, 2.05) is 12.1 Å². The van der Waals surface area contributed by atoms with E-state index in [1.54, 1.807) is 0 Å². The Morgan fingerprint density at radius 1 is 1.21 bits per heavy atom. The molecule has 2 heteroatoms. The Labute approximate surface area is 83.1 Å². The van der Waals surface area contributed by atoms with Crippen molar-refractivity contribution in [1.29, 1.82) is 0 Å². The Kier molecular flexibility index (Phi) is 1.55. The van der Waals surface area contributed by atoms with E-state index in [0.717, 1.165) is 17.9 Å². The molecule has 0 aromatic heterocycles. The molecule has 2 fully saturated rings. The molecule has 2 unspecified atom stereocenters. The van der Waals surface area contributed by atoms with E-state index in [1.165, 1.54) is 25.0 Å². The highest BCUT2D eigenvalue weighted by Gasteiger charge is 2.58. The van der Waals surface area contributed by atoms with Gasteiger partial charge in [0.15, 0.2) is 0 Å². The lowest BCUT2D eigenvalue weighted by Crippen LogP contribution is -2.22. The van der Waals surface area contributed by atoms with Crippen LogP contribution in [-0.2, 0) is 5.54 Å². The van der Waals surface area contributed by atoms with E-state index in [4.69, 9.17) is 5.73 Å². The molecule has 2 aliphatic rings. The van der Waals surface area contributed by atoms with E-state index < -0.39 is 0 Å². The van der Waals surface area contributed by atoms with Crippen LogP contribution >= 0.6 is 0 Å². The van der Waals surface area contributed by atoms with Crippen LogP contribution in [0.2, 0.25) is 0 Å². The molecule has 14 heavy (non-hydrogen) atoms. The quantitative estimate of drug-likeness (QED) is 0.763. The van der Waals surface area contributed by atoms with Gasteiger partial charge in [0.25, 0.3) is 0 Å². The van der Waals surface area contributed by atoms with Gasteiger partial charge in [-0.1, -0.05) is 12.1 Å². The summed E-state index contributed by atoms with van der Waals surface area (Å²) >= 11 is 0. The van der Waals surface area contributed by atoms with Crippen LogP contribution in [-0.4, -0.2) is 0 Å². The number of rotatable bonds is 2. The predicted molar refractivity (Wildman–Crippen MR) is 53.1 cm³/mol. The molecule has 0 radical (unpaired) electrons. The fraction of sp³-hybridized carbons (Fsp3) is 0.500. The highest BCUT2D eigenvalue weighted by atomic mass is 19.1. The molecule has 0 amide bonds.